The van der Waals surface area contributed by atoms with Gasteiger partial charge in [0.1, 0.15) is 11.6 Å². The van der Waals surface area contributed by atoms with Crippen molar-refractivity contribution in [1.29, 1.82) is 0 Å². The summed E-state index contributed by atoms with van der Waals surface area (Å²) in [6, 6.07) is 6.06. The maximum Gasteiger partial charge on any atom is 0.121 e. The van der Waals surface area contributed by atoms with Crippen LogP contribution in [0.4, 0.5) is 0 Å². The smallest absolute Gasteiger partial charge is 0.121 e. The number of aryl methyl sites for hydroxylation is 1. The highest BCUT2D eigenvalue weighted by atomic mass is 16.5. The van der Waals surface area contributed by atoms with Gasteiger partial charge in [-0.05, 0) is 30.7 Å². The molecule has 2 rings (SSSR count). The molecule has 2 aromatic rings. The maximum atomic E-state index is 8.97. The van der Waals surface area contributed by atoms with Crippen LogP contribution in [0, 0.1) is 6.92 Å². The summed E-state index contributed by atoms with van der Waals surface area (Å²) in [7, 11) is 3.64. The molecule has 4 heteroatoms. The van der Waals surface area contributed by atoms with Gasteiger partial charge in [0, 0.05) is 19.0 Å². The number of aliphatic hydroxyl groups excluding tert-OH is 1. The molecule has 0 unspecified atom stereocenters. The Morgan fingerprint density at radius 1 is 1.39 bits per heavy atom. The van der Waals surface area contributed by atoms with Crippen molar-refractivity contribution >= 4 is 0 Å². The number of hydrogen-bond donors (Lipinski definition) is 1. The number of hydrogen-bond acceptors (Lipinski definition) is 3. The normalized spacial score (nSPS) is 10.7. The van der Waals surface area contributed by atoms with Crippen LogP contribution < -0.4 is 4.74 Å². The number of aliphatic hydroxyl groups is 1. The molecule has 1 aromatic heterocycles. The van der Waals surface area contributed by atoms with Gasteiger partial charge >= 0.3 is 0 Å². The van der Waals surface area contributed by atoms with Crippen LogP contribution in [0.25, 0.3) is 11.3 Å². The third-order valence-electron chi connectivity index (χ3n) is 3.11. The molecule has 1 aromatic carbocycles. The predicted octanol–water partition coefficient (Wildman–Crippen LogP) is 1.94. The molecule has 4 nitrogen and oxygen atoms in total. The van der Waals surface area contributed by atoms with Crippen LogP contribution in [0.2, 0.25) is 0 Å². The van der Waals surface area contributed by atoms with Crippen LogP contribution in [0.1, 0.15) is 11.4 Å². The summed E-state index contributed by atoms with van der Waals surface area (Å²) < 4.78 is 7.27. The first-order valence-electron chi connectivity index (χ1n) is 5.94. The molecule has 0 aliphatic carbocycles. The summed E-state index contributed by atoms with van der Waals surface area (Å²) in [5.74, 6) is 1.78. The van der Waals surface area contributed by atoms with Crippen LogP contribution in [0.5, 0.6) is 5.75 Å². The molecule has 0 saturated heterocycles. The topological polar surface area (TPSA) is 47.3 Å². The van der Waals surface area contributed by atoms with Crippen LogP contribution >= 0.6 is 0 Å². The summed E-state index contributed by atoms with van der Waals surface area (Å²) >= 11 is 0. The summed E-state index contributed by atoms with van der Waals surface area (Å²) in [6.07, 6.45) is 2.41. The SMILES string of the molecule is COc1ccc(-c2cnc(CCO)n2C)cc1C. The summed E-state index contributed by atoms with van der Waals surface area (Å²) in [5.41, 5.74) is 3.25. The Labute approximate surface area is 107 Å². The first-order valence-corrected chi connectivity index (χ1v) is 5.94. The van der Waals surface area contributed by atoms with Gasteiger partial charge in [-0.2, -0.15) is 0 Å². The molecular formula is C14H18N2O2. The van der Waals surface area contributed by atoms with E-state index in [1.165, 1.54) is 0 Å². The minimum absolute atomic E-state index is 0.117. The number of methoxy groups -OCH3 is 1. The second kappa shape index (κ2) is 5.23. The Balaban J connectivity index is 2.39. The highest BCUT2D eigenvalue weighted by molar-refractivity contribution is 5.62. The third-order valence-corrected chi connectivity index (χ3v) is 3.11. The average molecular weight is 246 g/mol. The molecule has 1 heterocycles. The van der Waals surface area contributed by atoms with Gasteiger partial charge in [0.2, 0.25) is 0 Å². The van der Waals surface area contributed by atoms with Gasteiger partial charge in [0.15, 0.2) is 0 Å². The van der Waals surface area contributed by atoms with Crippen molar-refractivity contribution in [2.24, 2.45) is 7.05 Å². The van der Waals surface area contributed by atoms with Gasteiger partial charge in [-0.3, -0.25) is 0 Å². The molecule has 0 atom stereocenters. The fourth-order valence-corrected chi connectivity index (χ4v) is 2.09. The quantitative estimate of drug-likeness (QED) is 0.896. The highest BCUT2D eigenvalue weighted by Gasteiger charge is 2.09. The zero-order chi connectivity index (χ0) is 13.1. The standard InChI is InChI=1S/C14H18N2O2/c1-10-8-11(4-5-13(10)18-3)12-9-15-14(6-7-17)16(12)2/h4-5,8-9,17H,6-7H2,1-3H3. The lowest BCUT2D eigenvalue weighted by Crippen LogP contribution is -2.02. The molecule has 0 bridgehead atoms. The Morgan fingerprint density at radius 2 is 2.17 bits per heavy atom. The molecule has 96 valence electrons. The number of imidazole rings is 1. The van der Waals surface area contributed by atoms with E-state index < -0.39 is 0 Å². The van der Waals surface area contributed by atoms with E-state index in [2.05, 4.69) is 11.1 Å². The Hall–Kier alpha value is -1.81. The van der Waals surface area contributed by atoms with Gasteiger partial charge in [-0.1, -0.05) is 0 Å². The zero-order valence-electron chi connectivity index (χ0n) is 11.0. The van der Waals surface area contributed by atoms with E-state index in [1.54, 1.807) is 7.11 Å². The molecule has 0 saturated carbocycles. The average Bonchev–Trinajstić information content (AvgIpc) is 2.72. The van der Waals surface area contributed by atoms with Crippen molar-refractivity contribution in [2.75, 3.05) is 13.7 Å². The van der Waals surface area contributed by atoms with Gasteiger partial charge in [-0.25, -0.2) is 4.98 Å². The van der Waals surface area contributed by atoms with E-state index in [1.807, 2.05) is 36.9 Å². The molecule has 0 aliphatic rings. The van der Waals surface area contributed by atoms with Crippen LogP contribution in [0.3, 0.4) is 0 Å². The largest absolute Gasteiger partial charge is 0.496 e. The number of rotatable bonds is 4. The van der Waals surface area contributed by atoms with Gasteiger partial charge < -0.3 is 14.4 Å². The monoisotopic (exact) mass is 246 g/mol. The lowest BCUT2D eigenvalue weighted by atomic mass is 10.1. The minimum atomic E-state index is 0.117. The van der Waals surface area contributed by atoms with Crippen molar-refractivity contribution in [3.63, 3.8) is 0 Å². The van der Waals surface area contributed by atoms with E-state index in [0.717, 1.165) is 28.4 Å². The van der Waals surface area contributed by atoms with Gasteiger partial charge in [-0.15, -0.1) is 0 Å². The van der Waals surface area contributed by atoms with Crippen molar-refractivity contribution in [1.82, 2.24) is 9.55 Å². The van der Waals surface area contributed by atoms with Crippen molar-refractivity contribution in [3.8, 4) is 17.0 Å². The first kappa shape index (κ1) is 12.6. The second-order valence-corrected chi connectivity index (χ2v) is 4.28. The number of ether oxygens (including phenoxy) is 1. The predicted molar refractivity (Wildman–Crippen MR) is 70.7 cm³/mol. The van der Waals surface area contributed by atoms with Crippen molar-refractivity contribution < 1.29 is 9.84 Å². The molecule has 0 amide bonds. The minimum Gasteiger partial charge on any atom is -0.496 e. The molecule has 0 radical (unpaired) electrons. The summed E-state index contributed by atoms with van der Waals surface area (Å²) in [4.78, 5) is 4.33. The van der Waals surface area contributed by atoms with Crippen LogP contribution in [0.15, 0.2) is 24.4 Å². The molecule has 1 N–H and O–H groups in total. The van der Waals surface area contributed by atoms with Gasteiger partial charge in [0.05, 0.1) is 25.6 Å². The van der Waals surface area contributed by atoms with E-state index in [-0.39, 0.29) is 6.61 Å². The number of aromatic nitrogens is 2. The first-order chi connectivity index (χ1) is 8.67. The lowest BCUT2D eigenvalue weighted by Gasteiger charge is -2.09. The van der Waals surface area contributed by atoms with Crippen molar-refractivity contribution in [2.45, 2.75) is 13.3 Å². The Morgan fingerprint density at radius 3 is 2.78 bits per heavy atom. The molecular weight excluding hydrogens is 228 g/mol. The number of nitrogens with zero attached hydrogens (tertiary/aromatic N) is 2. The third kappa shape index (κ3) is 2.24. The molecule has 0 spiro atoms. The van der Waals surface area contributed by atoms with Gasteiger partial charge in [0.25, 0.3) is 0 Å². The molecule has 18 heavy (non-hydrogen) atoms. The Kier molecular flexibility index (Phi) is 3.67. The maximum absolute atomic E-state index is 8.97. The molecule has 0 aliphatic heterocycles. The highest BCUT2D eigenvalue weighted by Crippen LogP contribution is 2.26. The fraction of sp³-hybridized carbons (Fsp3) is 0.357. The van der Waals surface area contributed by atoms with E-state index in [0.29, 0.717) is 6.42 Å². The zero-order valence-corrected chi connectivity index (χ0v) is 11.0. The summed E-state index contributed by atoms with van der Waals surface area (Å²) in [6.45, 7) is 2.14. The van der Waals surface area contributed by atoms with Crippen LogP contribution in [-0.2, 0) is 13.5 Å². The fourth-order valence-electron chi connectivity index (χ4n) is 2.09. The van der Waals surface area contributed by atoms with Crippen molar-refractivity contribution in [3.05, 3.63) is 35.8 Å². The van der Waals surface area contributed by atoms with Crippen LogP contribution in [-0.4, -0.2) is 28.4 Å². The van der Waals surface area contributed by atoms with E-state index >= 15 is 0 Å². The Bertz CT molecular complexity index is 547. The lowest BCUT2D eigenvalue weighted by molar-refractivity contribution is 0.295. The molecule has 0 fully saturated rings. The summed E-state index contributed by atoms with van der Waals surface area (Å²) in [5, 5.41) is 8.97. The van der Waals surface area contributed by atoms with E-state index in [9.17, 15) is 0 Å². The second-order valence-electron chi connectivity index (χ2n) is 4.28. The van der Waals surface area contributed by atoms with E-state index in [4.69, 9.17) is 9.84 Å². The number of benzene rings is 1.